The number of hydrogen-bond acceptors (Lipinski definition) is 3. The topological polar surface area (TPSA) is 43.8 Å². The van der Waals surface area contributed by atoms with E-state index in [4.69, 9.17) is 0 Å². The molecular weight excluding hydrogens is 271 g/mol. The highest BCUT2D eigenvalue weighted by Crippen LogP contribution is 2.19. The van der Waals surface area contributed by atoms with Crippen molar-refractivity contribution in [3.05, 3.63) is 35.1 Å². The zero-order chi connectivity index (χ0) is 15.4. The van der Waals surface area contributed by atoms with E-state index in [-0.39, 0.29) is 5.56 Å². The van der Waals surface area contributed by atoms with Gasteiger partial charge in [-0.2, -0.15) is 0 Å². The zero-order valence-corrected chi connectivity index (χ0v) is 12.7. The fraction of sp³-hybridized carbons (Fsp3) is 0.562. The lowest BCUT2D eigenvalue weighted by Gasteiger charge is -2.36. The molecule has 1 aromatic carbocycles. The number of carbonyl (C=O) groups is 1. The van der Waals surface area contributed by atoms with Crippen LogP contribution in [0.5, 0.6) is 0 Å². The van der Waals surface area contributed by atoms with Crippen molar-refractivity contribution >= 4 is 5.97 Å². The Morgan fingerprint density at radius 3 is 2.67 bits per heavy atom. The van der Waals surface area contributed by atoms with E-state index >= 15 is 0 Å². The number of nitrogens with zero attached hydrogens (tertiary/aromatic N) is 2. The monoisotopic (exact) mass is 294 g/mol. The molecule has 0 unspecified atom stereocenters. The van der Waals surface area contributed by atoms with Gasteiger partial charge in [-0.05, 0) is 57.2 Å². The van der Waals surface area contributed by atoms with Gasteiger partial charge in [0.25, 0.3) is 0 Å². The molecule has 0 bridgehead atoms. The first-order valence-electron chi connectivity index (χ1n) is 7.45. The summed E-state index contributed by atoms with van der Waals surface area (Å²) in [6.45, 7) is 5.96. The standard InChI is InChI=1S/C16H23FN2O2/c1-3-19-8-6-14(7-9-19)18(2)11-12-4-5-13(17)10-15(12)16(20)21/h4-5,10,14H,3,6-9,11H2,1-2H3,(H,20,21). The molecule has 1 aliphatic heterocycles. The van der Waals surface area contributed by atoms with Gasteiger partial charge in [0.2, 0.25) is 0 Å². The normalized spacial score (nSPS) is 17.3. The molecule has 1 aromatic rings. The van der Waals surface area contributed by atoms with Gasteiger partial charge < -0.3 is 10.0 Å². The number of benzene rings is 1. The van der Waals surface area contributed by atoms with E-state index < -0.39 is 11.8 Å². The molecule has 0 saturated carbocycles. The highest BCUT2D eigenvalue weighted by Gasteiger charge is 2.22. The number of carboxylic acids is 1. The molecule has 0 aromatic heterocycles. The van der Waals surface area contributed by atoms with Gasteiger partial charge in [-0.1, -0.05) is 13.0 Å². The summed E-state index contributed by atoms with van der Waals surface area (Å²) in [5.41, 5.74) is 0.733. The van der Waals surface area contributed by atoms with Crippen LogP contribution in [-0.4, -0.2) is 53.6 Å². The molecule has 116 valence electrons. The number of hydrogen-bond donors (Lipinski definition) is 1. The van der Waals surface area contributed by atoms with Crippen molar-refractivity contribution in [2.75, 3.05) is 26.7 Å². The maximum atomic E-state index is 13.2. The molecule has 0 radical (unpaired) electrons. The number of piperidine rings is 1. The van der Waals surface area contributed by atoms with Gasteiger partial charge in [-0.3, -0.25) is 4.90 Å². The summed E-state index contributed by atoms with van der Waals surface area (Å²) < 4.78 is 13.2. The Hall–Kier alpha value is -1.46. The molecule has 0 spiro atoms. The first-order chi connectivity index (χ1) is 10.0. The molecule has 0 amide bonds. The molecule has 1 saturated heterocycles. The number of carboxylic acid groups (broad SMARTS) is 1. The van der Waals surface area contributed by atoms with Gasteiger partial charge in [0.15, 0.2) is 0 Å². The minimum Gasteiger partial charge on any atom is -0.478 e. The van der Waals surface area contributed by atoms with Crippen LogP contribution in [0.3, 0.4) is 0 Å². The minimum atomic E-state index is -1.07. The van der Waals surface area contributed by atoms with Gasteiger partial charge in [-0.15, -0.1) is 0 Å². The Balaban J connectivity index is 2.03. The summed E-state index contributed by atoms with van der Waals surface area (Å²) in [6.07, 6.45) is 2.18. The van der Waals surface area contributed by atoms with Crippen molar-refractivity contribution in [3.63, 3.8) is 0 Å². The highest BCUT2D eigenvalue weighted by atomic mass is 19.1. The maximum absolute atomic E-state index is 13.2. The Kier molecular flexibility index (Phi) is 5.31. The third-order valence-electron chi connectivity index (χ3n) is 4.35. The number of likely N-dealkylation sites (tertiary alicyclic amines) is 1. The summed E-state index contributed by atoms with van der Waals surface area (Å²) in [7, 11) is 2.02. The van der Waals surface area contributed by atoms with Crippen LogP contribution in [0.2, 0.25) is 0 Å². The zero-order valence-electron chi connectivity index (χ0n) is 12.7. The predicted octanol–water partition coefficient (Wildman–Crippen LogP) is 2.44. The second kappa shape index (κ2) is 7.00. The number of aromatic carboxylic acids is 1. The van der Waals surface area contributed by atoms with Gasteiger partial charge in [0, 0.05) is 12.6 Å². The molecule has 1 fully saturated rings. The number of rotatable bonds is 5. The largest absolute Gasteiger partial charge is 0.478 e. The van der Waals surface area contributed by atoms with Gasteiger partial charge in [-0.25, -0.2) is 9.18 Å². The SMILES string of the molecule is CCN1CCC(N(C)Cc2ccc(F)cc2C(=O)O)CC1. The van der Waals surface area contributed by atoms with Crippen molar-refractivity contribution in [2.45, 2.75) is 32.4 Å². The second-order valence-electron chi connectivity index (χ2n) is 5.69. The Bertz CT molecular complexity index is 499. The van der Waals surface area contributed by atoms with E-state index in [2.05, 4.69) is 16.7 Å². The Morgan fingerprint density at radius 1 is 1.43 bits per heavy atom. The molecule has 5 heteroatoms. The van der Waals surface area contributed by atoms with Crippen LogP contribution in [0.15, 0.2) is 18.2 Å². The first-order valence-corrected chi connectivity index (χ1v) is 7.45. The van der Waals surface area contributed by atoms with E-state index in [9.17, 15) is 14.3 Å². The van der Waals surface area contributed by atoms with Crippen molar-refractivity contribution in [2.24, 2.45) is 0 Å². The van der Waals surface area contributed by atoms with Crippen LogP contribution in [0.1, 0.15) is 35.7 Å². The average molecular weight is 294 g/mol. The summed E-state index contributed by atoms with van der Waals surface area (Å²) in [5, 5.41) is 9.19. The summed E-state index contributed by atoms with van der Waals surface area (Å²) in [6, 6.07) is 4.47. The fourth-order valence-electron chi connectivity index (χ4n) is 2.96. The molecule has 1 heterocycles. The Morgan fingerprint density at radius 2 is 2.10 bits per heavy atom. The Labute approximate surface area is 125 Å². The summed E-state index contributed by atoms with van der Waals surface area (Å²) in [5.74, 6) is -1.58. The smallest absolute Gasteiger partial charge is 0.336 e. The van der Waals surface area contributed by atoms with Crippen LogP contribution >= 0.6 is 0 Å². The predicted molar refractivity (Wildman–Crippen MR) is 80.0 cm³/mol. The van der Waals surface area contributed by atoms with Crippen LogP contribution in [0.25, 0.3) is 0 Å². The van der Waals surface area contributed by atoms with Crippen molar-refractivity contribution in [1.82, 2.24) is 9.80 Å². The average Bonchev–Trinajstić information content (AvgIpc) is 2.49. The van der Waals surface area contributed by atoms with Crippen LogP contribution < -0.4 is 0 Å². The lowest BCUT2D eigenvalue weighted by Crippen LogP contribution is -2.43. The fourth-order valence-corrected chi connectivity index (χ4v) is 2.96. The van der Waals surface area contributed by atoms with E-state index in [0.717, 1.165) is 38.5 Å². The minimum absolute atomic E-state index is 0.0628. The van der Waals surface area contributed by atoms with Crippen LogP contribution in [0, 0.1) is 5.82 Å². The van der Waals surface area contributed by atoms with Crippen molar-refractivity contribution < 1.29 is 14.3 Å². The molecule has 1 N–H and O–H groups in total. The lowest BCUT2D eigenvalue weighted by atomic mass is 10.0. The van der Waals surface area contributed by atoms with E-state index in [1.807, 2.05) is 7.05 Å². The molecule has 1 aliphatic rings. The first kappa shape index (κ1) is 15.9. The summed E-state index contributed by atoms with van der Waals surface area (Å²) in [4.78, 5) is 15.8. The van der Waals surface area contributed by atoms with Crippen molar-refractivity contribution in [1.29, 1.82) is 0 Å². The molecule has 0 atom stereocenters. The van der Waals surface area contributed by atoms with Gasteiger partial charge in [0.05, 0.1) is 5.56 Å². The maximum Gasteiger partial charge on any atom is 0.336 e. The third kappa shape index (κ3) is 4.02. The second-order valence-corrected chi connectivity index (χ2v) is 5.69. The van der Waals surface area contributed by atoms with Crippen molar-refractivity contribution in [3.8, 4) is 0 Å². The van der Waals surface area contributed by atoms with Crippen LogP contribution in [-0.2, 0) is 6.54 Å². The lowest BCUT2D eigenvalue weighted by molar-refractivity contribution is 0.0692. The quantitative estimate of drug-likeness (QED) is 0.906. The van der Waals surface area contributed by atoms with Gasteiger partial charge in [0.1, 0.15) is 5.82 Å². The molecule has 21 heavy (non-hydrogen) atoms. The van der Waals surface area contributed by atoms with E-state index in [1.54, 1.807) is 6.07 Å². The molecule has 4 nitrogen and oxygen atoms in total. The molecule has 2 rings (SSSR count). The number of halogens is 1. The molecular formula is C16H23FN2O2. The highest BCUT2D eigenvalue weighted by molar-refractivity contribution is 5.89. The third-order valence-corrected chi connectivity index (χ3v) is 4.35. The summed E-state index contributed by atoms with van der Waals surface area (Å²) >= 11 is 0. The molecule has 0 aliphatic carbocycles. The van der Waals surface area contributed by atoms with Gasteiger partial charge >= 0.3 is 5.97 Å². The van der Waals surface area contributed by atoms with E-state index in [0.29, 0.717) is 18.2 Å². The van der Waals surface area contributed by atoms with Crippen LogP contribution in [0.4, 0.5) is 4.39 Å². The van der Waals surface area contributed by atoms with E-state index in [1.165, 1.54) is 6.07 Å².